The molecule has 11 aromatic rings. The Morgan fingerprint density at radius 3 is 0.925 bits per heavy atom. The number of anilines is 3. The molecule has 11 aromatic carbocycles. The monoisotopic (exact) mass is 853 g/mol. The number of nitrogens with zero attached hydrogens (tertiary/aromatic N) is 1. The van der Waals surface area contributed by atoms with Crippen LogP contribution in [0.4, 0.5) is 17.1 Å². The van der Waals surface area contributed by atoms with Crippen LogP contribution in [0.1, 0.15) is 0 Å². The summed E-state index contributed by atoms with van der Waals surface area (Å²) in [6.07, 6.45) is 0. The number of benzene rings is 11. The molecule has 0 spiro atoms. The Kier molecular flexibility index (Phi) is 11.5. The lowest BCUT2D eigenvalue weighted by Gasteiger charge is -2.30. The minimum atomic E-state index is 1.06. The summed E-state index contributed by atoms with van der Waals surface area (Å²) in [5.41, 5.74) is 22.1. The van der Waals surface area contributed by atoms with Gasteiger partial charge in [-0.2, -0.15) is 0 Å². The summed E-state index contributed by atoms with van der Waals surface area (Å²) in [5.74, 6) is 0. The average Bonchev–Trinajstić information content (AvgIpc) is 3.42. The van der Waals surface area contributed by atoms with Crippen molar-refractivity contribution in [3.05, 3.63) is 285 Å². The number of hydrogen-bond donors (Lipinski definition) is 0. The van der Waals surface area contributed by atoms with Crippen molar-refractivity contribution in [2.45, 2.75) is 0 Å². The van der Waals surface area contributed by atoms with Crippen LogP contribution in [0.3, 0.4) is 0 Å². The molecule has 0 fully saturated rings. The molecule has 0 amide bonds. The lowest BCUT2D eigenvalue weighted by Crippen LogP contribution is -2.12. The van der Waals surface area contributed by atoms with Crippen molar-refractivity contribution in [1.82, 2.24) is 0 Å². The summed E-state index contributed by atoms with van der Waals surface area (Å²) in [7, 11) is 0. The van der Waals surface area contributed by atoms with E-state index < -0.39 is 0 Å². The minimum absolute atomic E-state index is 1.06. The summed E-state index contributed by atoms with van der Waals surface area (Å²) >= 11 is 0. The van der Waals surface area contributed by atoms with Crippen LogP contribution in [0.5, 0.6) is 0 Å². The first-order valence-electron chi connectivity index (χ1n) is 23.0. The zero-order valence-electron chi connectivity index (χ0n) is 37.1. The molecule has 1 heteroatoms. The van der Waals surface area contributed by atoms with Gasteiger partial charge in [-0.3, -0.25) is 0 Å². The molecule has 67 heavy (non-hydrogen) atoms. The van der Waals surface area contributed by atoms with Crippen molar-refractivity contribution < 1.29 is 0 Å². The quantitative estimate of drug-likeness (QED) is 0.125. The van der Waals surface area contributed by atoms with E-state index in [9.17, 15) is 0 Å². The minimum Gasteiger partial charge on any atom is -0.309 e. The SMILES string of the molecule is c1ccc(-c2ccc(-c3ccccc3N(c3ccc(-c4cc(-c5ccccc5)cc(-c5ccccc5)c4)cc3)c3ccccc3-c3ccccc3-c3ccccc3-c3ccccc3)cc2)cc1. The van der Waals surface area contributed by atoms with Crippen LogP contribution in [-0.2, 0) is 0 Å². The molecule has 0 aliphatic rings. The zero-order chi connectivity index (χ0) is 44.8. The average molecular weight is 854 g/mol. The Morgan fingerprint density at radius 1 is 0.164 bits per heavy atom. The first-order valence-corrected chi connectivity index (χ1v) is 23.0. The van der Waals surface area contributed by atoms with Crippen LogP contribution >= 0.6 is 0 Å². The van der Waals surface area contributed by atoms with Gasteiger partial charge in [-0.25, -0.2) is 0 Å². The molecule has 0 N–H and O–H groups in total. The predicted molar refractivity (Wildman–Crippen MR) is 285 cm³/mol. The van der Waals surface area contributed by atoms with Gasteiger partial charge in [-0.15, -0.1) is 0 Å². The van der Waals surface area contributed by atoms with E-state index in [1.54, 1.807) is 0 Å². The Balaban J connectivity index is 1.08. The molecule has 1 nitrogen and oxygen atoms in total. The van der Waals surface area contributed by atoms with Crippen LogP contribution < -0.4 is 4.90 Å². The largest absolute Gasteiger partial charge is 0.309 e. The second kappa shape index (κ2) is 18.7. The molecule has 316 valence electrons. The fourth-order valence-corrected chi connectivity index (χ4v) is 9.42. The highest BCUT2D eigenvalue weighted by atomic mass is 15.1. The first-order chi connectivity index (χ1) is 33.2. The van der Waals surface area contributed by atoms with Crippen LogP contribution in [0.2, 0.25) is 0 Å². The van der Waals surface area contributed by atoms with Crippen LogP contribution in [0.15, 0.2) is 285 Å². The summed E-state index contributed by atoms with van der Waals surface area (Å²) < 4.78 is 0. The third-order valence-corrected chi connectivity index (χ3v) is 12.7. The van der Waals surface area contributed by atoms with Crippen molar-refractivity contribution >= 4 is 17.1 Å². The highest BCUT2D eigenvalue weighted by Crippen LogP contribution is 2.48. The summed E-state index contributed by atoms with van der Waals surface area (Å²) in [6, 6.07) is 103. The van der Waals surface area contributed by atoms with E-state index in [0.717, 1.165) is 39.3 Å². The van der Waals surface area contributed by atoms with E-state index in [4.69, 9.17) is 0 Å². The van der Waals surface area contributed by atoms with Crippen LogP contribution in [-0.4, -0.2) is 0 Å². The molecule has 0 unspecified atom stereocenters. The van der Waals surface area contributed by atoms with Crippen molar-refractivity contribution in [2.24, 2.45) is 0 Å². The maximum absolute atomic E-state index is 2.45. The Morgan fingerprint density at radius 2 is 0.433 bits per heavy atom. The highest BCUT2D eigenvalue weighted by molar-refractivity contribution is 5.99. The number of para-hydroxylation sites is 2. The van der Waals surface area contributed by atoms with Gasteiger partial charge in [0.2, 0.25) is 0 Å². The zero-order valence-corrected chi connectivity index (χ0v) is 37.1. The Bertz CT molecular complexity index is 3360. The maximum atomic E-state index is 2.45. The topological polar surface area (TPSA) is 3.24 Å². The van der Waals surface area contributed by atoms with E-state index in [2.05, 4.69) is 290 Å². The molecule has 0 aromatic heterocycles. The van der Waals surface area contributed by atoms with Gasteiger partial charge < -0.3 is 4.90 Å². The van der Waals surface area contributed by atoms with Gasteiger partial charge in [0.05, 0.1) is 11.4 Å². The number of rotatable bonds is 11. The first kappa shape index (κ1) is 41.0. The molecule has 0 heterocycles. The standard InChI is InChI=1S/C66H47N/c1-5-21-48(22-6-1)51-37-39-54(40-38-51)60-30-17-19-35-65(60)67(58-43-41-52(42-44-58)57-46-55(49-23-7-2-8-24-49)45-56(47-57)50-25-9-3-10-26-50)66-36-20-18-34-64(66)63-33-16-15-32-62(63)61-31-14-13-29-59(61)53-27-11-4-12-28-53/h1-47H. The van der Waals surface area contributed by atoms with Gasteiger partial charge in [-0.05, 0) is 120 Å². The van der Waals surface area contributed by atoms with Crippen LogP contribution in [0.25, 0.3) is 89.0 Å². The number of hydrogen-bond acceptors (Lipinski definition) is 1. The van der Waals surface area contributed by atoms with Gasteiger partial charge in [0.25, 0.3) is 0 Å². The Labute approximate surface area is 394 Å². The van der Waals surface area contributed by atoms with Gasteiger partial charge in [-0.1, -0.05) is 243 Å². The molecular weight excluding hydrogens is 807 g/mol. The third-order valence-electron chi connectivity index (χ3n) is 12.7. The molecule has 0 atom stereocenters. The van der Waals surface area contributed by atoms with E-state index >= 15 is 0 Å². The van der Waals surface area contributed by atoms with E-state index in [1.165, 1.54) is 66.8 Å². The molecule has 0 saturated carbocycles. The summed E-state index contributed by atoms with van der Waals surface area (Å²) in [5, 5.41) is 0. The smallest absolute Gasteiger partial charge is 0.0540 e. The van der Waals surface area contributed by atoms with Crippen molar-refractivity contribution in [1.29, 1.82) is 0 Å². The van der Waals surface area contributed by atoms with Crippen molar-refractivity contribution in [3.63, 3.8) is 0 Å². The van der Waals surface area contributed by atoms with E-state index in [1.807, 2.05) is 0 Å². The fourth-order valence-electron chi connectivity index (χ4n) is 9.42. The van der Waals surface area contributed by atoms with Gasteiger partial charge in [0.1, 0.15) is 0 Å². The van der Waals surface area contributed by atoms with Crippen LogP contribution in [0, 0.1) is 0 Å². The molecule has 0 bridgehead atoms. The van der Waals surface area contributed by atoms with Gasteiger partial charge in [0.15, 0.2) is 0 Å². The van der Waals surface area contributed by atoms with Crippen molar-refractivity contribution in [2.75, 3.05) is 4.90 Å². The molecule has 0 radical (unpaired) electrons. The highest BCUT2D eigenvalue weighted by Gasteiger charge is 2.23. The molecule has 0 aliphatic heterocycles. The third kappa shape index (κ3) is 8.51. The molecular formula is C66H47N. The summed E-state index contributed by atoms with van der Waals surface area (Å²) in [6.45, 7) is 0. The molecule has 11 rings (SSSR count). The van der Waals surface area contributed by atoms with Crippen molar-refractivity contribution in [3.8, 4) is 89.0 Å². The fraction of sp³-hybridized carbons (Fsp3) is 0. The van der Waals surface area contributed by atoms with Gasteiger partial charge >= 0.3 is 0 Å². The Hall–Kier alpha value is -8.78. The second-order valence-corrected chi connectivity index (χ2v) is 16.8. The molecule has 0 aliphatic carbocycles. The normalized spacial score (nSPS) is 11.0. The molecule has 0 saturated heterocycles. The van der Waals surface area contributed by atoms with Gasteiger partial charge in [0, 0.05) is 16.8 Å². The second-order valence-electron chi connectivity index (χ2n) is 16.8. The predicted octanol–water partition coefficient (Wildman–Crippen LogP) is 18.5. The van der Waals surface area contributed by atoms with E-state index in [0.29, 0.717) is 0 Å². The van der Waals surface area contributed by atoms with E-state index in [-0.39, 0.29) is 0 Å². The maximum Gasteiger partial charge on any atom is 0.0540 e. The lowest BCUT2D eigenvalue weighted by atomic mass is 9.88. The summed E-state index contributed by atoms with van der Waals surface area (Å²) in [4.78, 5) is 2.45. The lowest BCUT2D eigenvalue weighted by molar-refractivity contribution is 1.28.